The Kier molecular flexibility index (Phi) is 5.14. The lowest BCUT2D eigenvalue weighted by Crippen LogP contribution is -2.39. The summed E-state index contributed by atoms with van der Waals surface area (Å²) >= 11 is 6.31. The van der Waals surface area contributed by atoms with E-state index in [1.54, 1.807) is 0 Å². The van der Waals surface area contributed by atoms with Gasteiger partial charge in [0.15, 0.2) is 0 Å². The van der Waals surface area contributed by atoms with Crippen LogP contribution in [-0.4, -0.2) is 24.8 Å². The third-order valence-electron chi connectivity index (χ3n) is 5.35. The Labute approximate surface area is 158 Å². The van der Waals surface area contributed by atoms with Crippen molar-refractivity contribution >= 4 is 23.4 Å². The highest BCUT2D eigenvalue weighted by atomic mass is 35.5. The largest absolute Gasteiger partial charge is 0.449 e. The summed E-state index contributed by atoms with van der Waals surface area (Å²) in [5, 5.41) is 7.14. The van der Waals surface area contributed by atoms with Crippen LogP contribution in [0.2, 0.25) is 5.02 Å². The molecule has 2 bridgehead atoms. The lowest BCUT2D eigenvalue weighted by molar-refractivity contribution is 0.122. The van der Waals surface area contributed by atoms with E-state index in [4.69, 9.17) is 16.3 Å². The van der Waals surface area contributed by atoms with E-state index in [9.17, 15) is 4.79 Å². The van der Waals surface area contributed by atoms with Crippen molar-refractivity contribution in [3.8, 4) is 11.1 Å². The van der Waals surface area contributed by atoms with Gasteiger partial charge in [0.25, 0.3) is 0 Å². The first-order valence-electron chi connectivity index (χ1n) is 9.23. The van der Waals surface area contributed by atoms with Crippen LogP contribution in [-0.2, 0) is 4.74 Å². The Morgan fingerprint density at radius 1 is 1.04 bits per heavy atom. The number of rotatable bonds is 4. The van der Waals surface area contributed by atoms with Gasteiger partial charge in [-0.1, -0.05) is 48.0 Å². The Hall–Kier alpha value is -2.04. The minimum atomic E-state index is -0.407. The molecular weight excluding hydrogens is 348 g/mol. The smallest absolute Gasteiger partial charge is 0.411 e. The molecule has 2 aromatic carbocycles. The van der Waals surface area contributed by atoms with Crippen LogP contribution in [0.3, 0.4) is 0 Å². The molecule has 2 N–H and O–H groups in total. The van der Waals surface area contributed by atoms with Gasteiger partial charge in [-0.3, -0.25) is 5.32 Å². The number of halogens is 1. The van der Waals surface area contributed by atoms with Gasteiger partial charge in [0.2, 0.25) is 0 Å². The fourth-order valence-corrected chi connectivity index (χ4v) is 4.39. The number of nitrogens with one attached hydrogen (secondary N) is 2. The normalized spacial score (nSPS) is 24.3. The molecule has 0 aliphatic carbocycles. The van der Waals surface area contributed by atoms with Crippen molar-refractivity contribution in [1.29, 1.82) is 0 Å². The van der Waals surface area contributed by atoms with Gasteiger partial charge in [-0.05, 0) is 43.7 Å². The second kappa shape index (κ2) is 7.68. The zero-order valence-corrected chi connectivity index (χ0v) is 15.3. The lowest BCUT2D eigenvalue weighted by Gasteiger charge is -2.28. The van der Waals surface area contributed by atoms with E-state index in [-0.39, 0.29) is 0 Å². The zero-order chi connectivity index (χ0) is 17.9. The number of ether oxygens (including phenoxy) is 1. The standard InChI is InChI=1S/C21H23ClN2O2/c22-19-7-3-1-5-17(19)18-6-2-4-8-20(18)24-21(25)26-13-14-11-15-9-10-16(12-14)23-15/h1-8,14-16,23H,9-13H2,(H,24,25). The number of para-hydroxylation sites is 1. The summed E-state index contributed by atoms with van der Waals surface area (Å²) in [4.78, 5) is 12.3. The average Bonchev–Trinajstić information content (AvgIpc) is 2.99. The molecule has 2 aliphatic rings. The fourth-order valence-electron chi connectivity index (χ4n) is 4.16. The maximum atomic E-state index is 12.3. The number of piperidine rings is 1. The third kappa shape index (κ3) is 3.87. The van der Waals surface area contributed by atoms with E-state index in [0.29, 0.717) is 35.3 Å². The molecule has 2 aliphatic heterocycles. The molecule has 136 valence electrons. The molecule has 2 unspecified atom stereocenters. The second-order valence-corrected chi connectivity index (χ2v) is 7.63. The van der Waals surface area contributed by atoms with Crippen LogP contribution in [0.25, 0.3) is 11.1 Å². The van der Waals surface area contributed by atoms with E-state index >= 15 is 0 Å². The number of fused-ring (bicyclic) bond motifs is 2. The van der Waals surface area contributed by atoms with Crippen LogP contribution in [0.15, 0.2) is 48.5 Å². The van der Waals surface area contributed by atoms with Crippen molar-refractivity contribution in [2.75, 3.05) is 11.9 Å². The molecule has 0 saturated carbocycles. The average molecular weight is 371 g/mol. The first-order valence-corrected chi connectivity index (χ1v) is 9.60. The quantitative estimate of drug-likeness (QED) is 0.788. The van der Waals surface area contributed by atoms with Gasteiger partial charge in [-0.25, -0.2) is 4.79 Å². The molecule has 2 saturated heterocycles. The Morgan fingerprint density at radius 2 is 1.69 bits per heavy atom. The lowest BCUT2D eigenvalue weighted by atomic mass is 9.93. The van der Waals surface area contributed by atoms with Gasteiger partial charge in [-0.2, -0.15) is 0 Å². The predicted octanol–water partition coefficient (Wildman–Crippen LogP) is 5.09. The van der Waals surface area contributed by atoms with Gasteiger partial charge < -0.3 is 10.1 Å². The Bertz CT molecular complexity index is 783. The molecule has 2 heterocycles. The molecule has 1 amide bonds. The molecule has 2 aromatic rings. The molecule has 0 aromatic heterocycles. The van der Waals surface area contributed by atoms with Gasteiger partial charge in [-0.15, -0.1) is 0 Å². The predicted molar refractivity (Wildman–Crippen MR) is 105 cm³/mol. The number of anilines is 1. The van der Waals surface area contributed by atoms with Crippen LogP contribution in [0.1, 0.15) is 25.7 Å². The van der Waals surface area contributed by atoms with Crippen LogP contribution in [0.4, 0.5) is 10.5 Å². The summed E-state index contributed by atoms with van der Waals surface area (Å²) < 4.78 is 5.52. The molecule has 2 atom stereocenters. The minimum absolute atomic E-state index is 0.407. The van der Waals surface area contributed by atoms with E-state index < -0.39 is 6.09 Å². The number of hydrogen-bond acceptors (Lipinski definition) is 3. The van der Waals surface area contributed by atoms with Crippen molar-refractivity contribution in [1.82, 2.24) is 5.32 Å². The molecule has 26 heavy (non-hydrogen) atoms. The van der Waals surface area contributed by atoms with E-state index in [1.807, 2.05) is 48.5 Å². The number of benzene rings is 2. The van der Waals surface area contributed by atoms with Crippen molar-refractivity contribution < 1.29 is 9.53 Å². The Morgan fingerprint density at radius 3 is 2.42 bits per heavy atom. The molecule has 5 heteroatoms. The van der Waals surface area contributed by atoms with E-state index in [0.717, 1.165) is 24.0 Å². The topological polar surface area (TPSA) is 50.4 Å². The van der Waals surface area contributed by atoms with Crippen LogP contribution >= 0.6 is 11.6 Å². The molecule has 4 rings (SSSR count). The number of carbonyl (C=O) groups excluding carboxylic acids is 1. The van der Waals surface area contributed by atoms with E-state index in [2.05, 4.69) is 10.6 Å². The SMILES string of the molecule is O=C(Nc1ccccc1-c1ccccc1Cl)OCC1CC2CCC(C1)N2. The first-order chi connectivity index (χ1) is 12.7. The third-order valence-corrected chi connectivity index (χ3v) is 5.68. The van der Waals surface area contributed by atoms with E-state index in [1.165, 1.54) is 12.8 Å². The van der Waals surface area contributed by atoms with Crippen LogP contribution in [0.5, 0.6) is 0 Å². The number of hydrogen-bond donors (Lipinski definition) is 2. The fraction of sp³-hybridized carbons (Fsp3) is 0.381. The van der Waals surface area contributed by atoms with Crippen molar-refractivity contribution in [3.63, 3.8) is 0 Å². The second-order valence-electron chi connectivity index (χ2n) is 7.22. The monoisotopic (exact) mass is 370 g/mol. The highest BCUT2D eigenvalue weighted by Crippen LogP contribution is 2.34. The molecule has 4 nitrogen and oxygen atoms in total. The first kappa shape index (κ1) is 17.4. The number of amides is 1. The van der Waals surface area contributed by atoms with Gasteiger partial charge >= 0.3 is 6.09 Å². The van der Waals surface area contributed by atoms with Gasteiger partial charge in [0.1, 0.15) is 0 Å². The van der Waals surface area contributed by atoms with Gasteiger partial charge in [0, 0.05) is 28.2 Å². The molecular formula is C21H23ClN2O2. The Balaban J connectivity index is 1.40. The molecule has 0 radical (unpaired) electrons. The van der Waals surface area contributed by atoms with Crippen LogP contribution < -0.4 is 10.6 Å². The highest BCUT2D eigenvalue weighted by molar-refractivity contribution is 6.33. The minimum Gasteiger partial charge on any atom is -0.449 e. The van der Waals surface area contributed by atoms with Gasteiger partial charge in [0.05, 0.1) is 12.3 Å². The zero-order valence-electron chi connectivity index (χ0n) is 14.6. The number of carbonyl (C=O) groups is 1. The summed E-state index contributed by atoms with van der Waals surface area (Å²) in [5.74, 6) is 0.457. The summed E-state index contributed by atoms with van der Waals surface area (Å²) in [5.41, 5.74) is 2.48. The maximum Gasteiger partial charge on any atom is 0.411 e. The summed E-state index contributed by atoms with van der Waals surface area (Å²) in [6, 6.07) is 16.4. The maximum absolute atomic E-state index is 12.3. The summed E-state index contributed by atoms with van der Waals surface area (Å²) in [6.45, 7) is 0.481. The van der Waals surface area contributed by atoms with Crippen molar-refractivity contribution in [3.05, 3.63) is 53.6 Å². The van der Waals surface area contributed by atoms with Crippen molar-refractivity contribution in [2.24, 2.45) is 5.92 Å². The summed E-state index contributed by atoms with van der Waals surface area (Å²) in [7, 11) is 0. The summed E-state index contributed by atoms with van der Waals surface area (Å²) in [6.07, 6.45) is 4.28. The van der Waals surface area contributed by atoms with Crippen molar-refractivity contribution in [2.45, 2.75) is 37.8 Å². The molecule has 0 spiro atoms. The van der Waals surface area contributed by atoms with Crippen LogP contribution in [0, 0.1) is 5.92 Å². The highest BCUT2D eigenvalue weighted by Gasteiger charge is 2.33. The molecule has 2 fully saturated rings.